The molecule has 1 N–H and O–H groups in total. The van der Waals surface area contributed by atoms with Gasteiger partial charge in [0, 0.05) is 16.6 Å². The quantitative estimate of drug-likeness (QED) is 0.855. The summed E-state index contributed by atoms with van der Waals surface area (Å²) in [5.74, 6) is -0.231. The summed E-state index contributed by atoms with van der Waals surface area (Å²) in [4.78, 5) is 24.5. The standard InChI is InChI=1S/C16H16ClNO3/c1-7-2-3-9(6-11(7)17)18-15(19)13-8-4-10-12(5-8)21-16(20)14(10)13/h2-3,6,8,10,12-14H,4-5H2,1H3,(H,18,19)/t8-,10-,12-,13-,14-/m1/s1. The Morgan fingerprint density at radius 1 is 1.38 bits per heavy atom. The molecule has 1 aromatic rings. The zero-order valence-corrected chi connectivity index (χ0v) is 12.4. The molecule has 3 aliphatic rings. The number of ether oxygens (including phenoxy) is 1. The maximum absolute atomic E-state index is 12.6. The number of esters is 1. The number of fused-ring (bicyclic) bond motifs is 1. The lowest BCUT2D eigenvalue weighted by Crippen LogP contribution is -2.35. The van der Waals surface area contributed by atoms with Gasteiger partial charge in [0.15, 0.2) is 0 Å². The number of halogens is 1. The summed E-state index contributed by atoms with van der Waals surface area (Å²) in [5.41, 5.74) is 1.65. The first-order valence-corrected chi connectivity index (χ1v) is 7.70. The average Bonchev–Trinajstić information content (AvgIpc) is 3.04. The molecule has 0 radical (unpaired) electrons. The maximum Gasteiger partial charge on any atom is 0.310 e. The van der Waals surface area contributed by atoms with Crippen molar-refractivity contribution in [1.29, 1.82) is 0 Å². The summed E-state index contributed by atoms with van der Waals surface area (Å²) in [6, 6.07) is 5.46. The van der Waals surface area contributed by atoms with E-state index in [1.165, 1.54) is 0 Å². The number of hydrogen-bond acceptors (Lipinski definition) is 3. The number of carbonyl (C=O) groups excluding carboxylic acids is 2. The van der Waals surface area contributed by atoms with Crippen molar-refractivity contribution in [2.24, 2.45) is 23.7 Å². The molecule has 5 heteroatoms. The number of benzene rings is 1. The van der Waals surface area contributed by atoms with Crippen LogP contribution in [0.1, 0.15) is 18.4 Å². The normalized spacial score (nSPS) is 35.9. The second-order valence-corrected chi connectivity index (χ2v) is 6.78. The minimum Gasteiger partial charge on any atom is -0.462 e. The van der Waals surface area contributed by atoms with Gasteiger partial charge in [-0.15, -0.1) is 0 Å². The summed E-state index contributed by atoms with van der Waals surface area (Å²) in [6.07, 6.45) is 1.83. The van der Waals surface area contributed by atoms with Crippen molar-refractivity contribution < 1.29 is 14.3 Å². The lowest BCUT2D eigenvalue weighted by molar-refractivity contribution is -0.145. The third-order valence-corrected chi connectivity index (χ3v) is 5.63. The SMILES string of the molecule is Cc1ccc(NC(=O)[C@@H]2[C@@H]3C[C@H]4[C@H]2C(=O)O[C@@H]4C3)cc1Cl. The molecule has 1 aromatic carbocycles. The average molecular weight is 306 g/mol. The van der Waals surface area contributed by atoms with Gasteiger partial charge in [-0.25, -0.2) is 0 Å². The molecule has 21 heavy (non-hydrogen) atoms. The first kappa shape index (κ1) is 13.1. The topological polar surface area (TPSA) is 55.4 Å². The molecule has 110 valence electrons. The van der Waals surface area contributed by atoms with Crippen LogP contribution in [0.25, 0.3) is 0 Å². The minimum absolute atomic E-state index is 0.0605. The molecular weight excluding hydrogens is 290 g/mol. The Morgan fingerprint density at radius 2 is 2.19 bits per heavy atom. The minimum atomic E-state index is -0.249. The van der Waals surface area contributed by atoms with Crippen molar-refractivity contribution in [2.45, 2.75) is 25.9 Å². The maximum atomic E-state index is 12.6. The van der Waals surface area contributed by atoms with E-state index in [9.17, 15) is 9.59 Å². The van der Waals surface area contributed by atoms with Crippen LogP contribution in [0.3, 0.4) is 0 Å². The summed E-state index contributed by atoms with van der Waals surface area (Å²) in [7, 11) is 0. The Labute approximate surface area is 127 Å². The van der Waals surface area contributed by atoms with E-state index in [1.807, 2.05) is 19.1 Å². The molecule has 2 saturated carbocycles. The number of amides is 1. The van der Waals surface area contributed by atoms with Crippen LogP contribution in [0.2, 0.25) is 5.02 Å². The van der Waals surface area contributed by atoms with Crippen molar-refractivity contribution in [3.05, 3.63) is 28.8 Å². The van der Waals surface area contributed by atoms with Crippen LogP contribution < -0.4 is 5.32 Å². The first-order valence-electron chi connectivity index (χ1n) is 7.32. The van der Waals surface area contributed by atoms with Crippen LogP contribution >= 0.6 is 11.6 Å². The van der Waals surface area contributed by atoms with E-state index in [0.717, 1.165) is 18.4 Å². The largest absolute Gasteiger partial charge is 0.462 e. The monoisotopic (exact) mass is 305 g/mol. The Kier molecular flexibility index (Phi) is 2.80. The fourth-order valence-corrected chi connectivity index (χ4v) is 4.44. The molecule has 1 saturated heterocycles. The highest BCUT2D eigenvalue weighted by atomic mass is 35.5. The Bertz CT molecular complexity index is 642. The van der Waals surface area contributed by atoms with E-state index in [-0.39, 0.29) is 41.7 Å². The van der Waals surface area contributed by atoms with Gasteiger partial charge < -0.3 is 10.1 Å². The van der Waals surface area contributed by atoms with Gasteiger partial charge in [-0.3, -0.25) is 9.59 Å². The fraction of sp³-hybridized carbons (Fsp3) is 0.500. The van der Waals surface area contributed by atoms with Crippen molar-refractivity contribution in [3.63, 3.8) is 0 Å². The highest BCUT2D eigenvalue weighted by molar-refractivity contribution is 6.31. The molecule has 4 rings (SSSR count). The van der Waals surface area contributed by atoms with E-state index in [1.54, 1.807) is 6.07 Å². The second kappa shape index (κ2) is 4.47. The van der Waals surface area contributed by atoms with E-state index in [4.69, 9.17) is 16.3 Å². The predicted molar refractivity (Wildman–Crippen MR) is 77.9 cm³/mol. The Hall–Kier alpha value is -1.55. The Balaban J connectivity index is 1.55. The van der Waals surface area contributed by atoms with Gasteiger partial charge in [-0.2, -0.15) is 0 Å². The number of aryl methyl sites for hydroxylation is 1. The second-order valence-electron chi connectivity index (χ2n) is 6.38. The van der Waals surface area contributed by atoms with E-state index in [0.29, 0.717) is 10.7 Å². The van der Waals surface area contributed by atoms with Crippen molar-refractivity contribution in [3.8, 4) is 0 Å². The highest BCUT2D eigenvalue weighted by Crippen LogP contribution is 2.57. The molecule has 0 aromatic heterocycles. The zero-order valence-electron chi connectivity index (χ0n) is 11.6. The van der Waals surface area contributed by atoms with E-state index in [2.05, 4.69) is 5.32 Å². The smallest absolute Gasteiger partial charge is 0.310 e. The summed E-state index contributed by atoms with van der Waals surface area (Å²) in [5, 5.41) is 3.53. The number of rotatable bonds is 2. The van der Waals surface area contributed by atoms with Crippen LogP contribution in [-0.2, 0) is 14.3 Å². The van der Waals surface area contributed by atoms with Gasteiger partial charge in [0.25, 0.3) is 0 Å². The van der Waals surface area contributed by atoms with Gasteiger partial charge in [-0.1, -0.05) is 17.7 Å². The van der Waals surface area contributed by atoms with Gasteiger partial charge >= 0.3 is 5.97 Å². The number of hydrogen-bond donors (Lipinski definition) is 1. The molecule has 1 heterocycles. The molecule has 3 fully saturated rings. The fourth-order valence-electron chi connectivity index (χ4n) is 4.26. The van der Waals surface area contributed by atoms with Crippen LogP contribution in [0.15, 0.2) is 18.2 Å². The van der Waals surface area contributed by atoms with Gasteiger partial charge in [0.2, 0.25) is 5.91 Å². The van der Waals surface area contributed by atoms with Crippen LogP contribution in [0.4, 0.5) is 5.69 Å². The zero-order chi connectivity index (χ0) is 14.7. The van der Waals surface area contributed by atoms with Gasteiger partial charge in [0.05, 0.1) is 11.8 Å². The van der Waals surface area contributed by atoms with Gasteiger partial charge in [0.1, 0.15) is 6.10 Å². The van der Waals surface area contributed by atoms with Crippen LogP contribution in [-0.4, -0.2) is 18.0 Å². The third kappa shape index (κ3) is 1.89. The number of carbonyl (C=O) groups is 2. The Morgan fingerprint density at radius 3 is 2.95 bits per heavy atom. The first-order chi connectivity index (χ1) is 10.0. The lowest BCUT2D eigenvalue weighted by Gasteiger charge is -2.23. The molecule has 1 amide bonds. The number of anilines is 1. The molecule has 0 unspecified atom stereocenters. The van der Waals surface area contributed by atoms with E-state index < -0.39 is 0 Å². The summed E-state index contributed by atoms with van der Waals surface area (Å²) >= 11 is 6.08. The molecule has 5 atom stereocenters. The van der Waals surface area contributed by atoms with Crippen molar-refractivity contribution >= 4 is 29.2 Å². The highest BCUT2D eigenvalue weighted by Gasteiger charge is 2.63. The van der Waals surface area contributed by atoms with Crippen molar-refractivity contribution in [2.75, 3.05) is 5.32 Å². The molecule has 2 aliphatic carbocycles. The molecule has 1 aliphatic heterocycles. The summed E-state index contributed by atoms with van der Waals surface area (Å²) in [6.45, 7) is 1.92. The lowest BCUT2D eigenvalue weighted by atomic mass is 9.79. The van der Waals surface area contributed by atoms with Crippen molar-refractivity contribution in [1.82, 2.24) is 0 Å². The summed E-state index contributed by atoms with van der Waals surface area (Å²) < 4.78 is 5.36. The van der Waals surface area contributed by atoms with Crippen LogP contribution in [0, 0.1) is 30.6 Å². The molecule has 0 spiro atoms. The van der Waals surface area contributed by atoms with Gasteiger partial charge in [-0.05, 0) is 43.4 Å². The molecule has 4 nitrogen and oxygen atoms in total. The third-order valence-electron chi connectivity index (χ3n) is 5.23. The predicted octanol–water partition coefficient (Wildman–Crippen LogP) is 2.78. The number of nitrogens with one attached hydrogen (secondary N) is 1. The molecule has 2 bridgehead atoms. The molecular formula is C16H16ClNO3. The van der Waals surface area contributed by atoms with E-state index >= 15 is 0 Å². The van der Waals surface area contributed by atoms with Crippen LogP contribution in [0.5, 0.6) is 0 Å².